The van der Waals surface area contributed by atoms with Crippen molar-refractivity contribution in [2.45, 2.75) is 38.8 Å². The molecule has 1 saturated heterocycles. The number of aromatic amines is 1. The van der Waals surface area contributed by atoms with Gasteiger partial charge in [0.2, 0.25) is 11.8 Å². The third-order valence-corrected chi connectivity index (χ3v) is 6.33. The molecule has 1 fully saturated rings. The molecule has 174 valence electrons. The maximum atomic E-state index is 13.1. The molecule has 0 radical (unpaired) electrons. The van der Waals surface area contributed by atoms with Gasteiger partial charge in [-0.2, -0.15) is 0 Å². The first-order valence-corrected chi connectivity index (χ1v) is 11.0. The number of carbonyl (C=O) groups is 4. The number of methoxy groups -OCH3 is 1. The Kier molecular flexibility index (Phi) is 5.27. The molecule has 2 aromatic heterocycles. The Morgan fingerprint density at radius 2 is 2.09 bits per heavy atom. The Morgan fingerprint density at radius 1 is 1.26 bits per heavy atom. The van der Waals surface area contributed by atoms with Gasteiger partial charge in [0, 0.05) is 29.6 Å². The predicted molar refractivity (Wildman–Crippen MR) is 122 cm³/mol. The quantitative estimate of drug-likeness (QED) is 0.499. The van der Waals surface area contributed by atoms with Crippen molar-refractivity contribution in [3.05, 3.63) is 52.8 Å². The molecule has 10 heteroatoms. The number of nitrogens with zero attached hydrogens (tertiary/aromatic N) is 2. The summed E-state index contributed by atoms with van der Waals surface area (Å²) < 4.78 is 5.25. The highest BCUT2D eigenvalue weighted by molar-refractivity contribution is 6.09. The second-order valence-electron chi connectivity index (χ2n) is 8.33. The lowest BCUT2D eigenvalue weighted by Gasteiger charge is -2.29. The number of aromatic nitrogens is 2. The Morgan fingerprint density at radius 3 is 2.82 bits per heavy atom. The van der Waals surface area contributed by atoms with E-state index in [-0.39, 0.29) is 30.7 Å². The summed E-state index contributed by atoms with van der Waals surface area (Å²) >= 11 is 0. The van der Waals surface area contributed by atoms with Gasteiger partial charge in [-0.05, 0) is 48.2 Å². The van der Waals surface area contributed by atoms with Crippen molar-refractivity contribution < 1.29 is 23.9 Å². The van der Waals surface area contributed by atoms with Crippen LogP contribution >= 0.6 is 0 Å². The summed E-state index contributed by atoms with van der Waals surface area (Å²) in [4.78, 5) is 58.5. The summed E-state index contributed by atoms with van der Waals surface area (Å²) in [5, 5.41) is 6.01. The molecule has 2 aliphatic heterocycles. The van der Waals surface area contributed by atoms with E-state index in [4.69, 9.17) is 4.74 Å². The fraction of sp³-hybridized carbons (Fsp3) is 0.292. The number of fused-ring (bicyclic) bond motifs is 2. The van der Waals surface area contributed by atoms with Gasteiger partial charge in [0.1, 0.15) is 23.1 Å². The minimum absolute atomic E-state index is 0.197. The maximum Gasteiger partial charge on any atom is 0.272 e. The van der Waals surface area contributed by atoms with E-state index < -0.39 is 11.9 Å². The highest BCUT2D eigenvalue weighted by Crippen LogP contribution is 2.30. The number of hydrogen-bond donors (Lipinski definition) is 3. The van der Waals surface area contributed by atoms with E-state index in [1.807, 2.05) is 13.0 Å². The molecule has 34 heavy (non-hydrogen) atoms. The van der Waals surface area contributed by atoms with Crippen molar-refractivity contribution in [1.29, 1.82) is 0 Å². The van der Waals surface area contributed by atoms with E-state index in [1.54, 1.807) is 31.5 Å². The molecule has 3 aromatic rings. The van der Waals surface area contributed by atoms with Crippen LogP contribution in [0.2, 0.25) is 0 Å². The fourth-order valence-electron chi connectivity index (χ4n) is 4.62. The van der Waals surface area contributed by atoms with Crippen LogP contribution < -0.4 is 15.4 Å². The highest BCUT2D eigenvalue weighted by Gasteiger charge is 2.39. The molecule has 1 atom stereocenters. The first-order chi connectivity index (χ1) is 16.4. The largest absolute Gasteiger partial charge is 0.495 e. The van der Waals surface area contributed by atoms with Gasteiger partial charge in [0.15, 0.2) is 0 Å². The molecule has 5 rings (SSSR count). The lowest BCUT2D eigenvalue weighted by molar-refractivity contribution is -0.136. The van der Waals surface area contributed by atoms with Gasteiger partial charge >= 0.3 is 0 Å². The number of anilines is 1. The third kappa shape index (κ3) is 3.57. The third-order valence-electron chi connectivity index (χ3n) is 6.33. The van der Waals surface area contributed by atoms with Crippen molar-refractivity contribution in [1.82, 2.24) is 20.2 Å². The van der Waals surface area contributed by atoms with Gasteiger partial charge in [-0.15, -0.1) is 0 Å². The number of nitrogens with one attached hydrogen (secondary N) is 3. The smallest absolute Gasteiger partial charge is 0.272 e. The standard InChI is InChI=1S/C24H23N5O5/c1-3-15-17-9-14(34-2)10-25-21(17)28-20(15)23(32)26-13-4-5-16-12(8-13)11-29(24(16)33)18-6-7-19(30)27-22(18)31/h4-5,8-10,18H,3,6-7,11H2,1-2H3,(H,25,28)(H,26,32)(H,27,30,31). The number of imide groups is 1. The molecule has 2 aliphatic rings. The number of rotatable bonds is 5. The summed E-state index contributed by atoms with van der Waals surface area (Å²) in [6, 6.07) is 6.22. The summed E-state index contributed by atoms with van der Waals surface area (Å²) in [6.45, 7) is 2.20. The Bertz CT molecular complexity index is 1360. The summed E-state index contributed by atoms with van der Waals surface area (Å²) in [6.07, 6.45) is 2.71. The van der Waals surface area contributed by atoms with Crippen molar-refractivity contribution in [3.8, 4) is 5.75 Å². The molecule has 0 saturated carbocycles. The van der Waals surface area contributed by atoms with Gasteiger partial charge < -0.3 is 19.9 Å². The predicted octanol–water partition coefficient (Wildman–Crippen LogP) is 2.15. The highest BCUT2D eigenvalue weighted by atomic mass is 16.5. The van der Waals surface area contributed by atoms with E-state index in [9.17, 15) is 19.2 Å². The molecule has 0 aliphatic carbocycles. The van der Waals surface area contributed by atoms with E-state index >= 15 is 0 Å². The van der Waals surface area contributed by atoms with E-state index in [1.165, 1.54) is 4.90 Å². The molecular formula is C24H23N5O5. The summed E-state index contributed by atoms with van der Waals surface area (Å²) in [7, 11) is 1.56. The SMILES string of the molecule is CCc1c(C(=O)Nc2ccc3c(c2)CN(C2CCC(=O)NC2=O)C3=O)[nH]c2ncc(OC)cc12. The van der Waals surface area contributed by atoms with Gasteiger partial charge in [0.25, 0.3) is 11.8 Å². The number of carbonyl (C=O) groups excluding carboxylic acids is 4. The molecule has 4 amide bonds. The normalized spacial score (nSPS) is 17.6. The van der Waals surface area contributed by atoms with Crippen LogP contribution in [0, 0.1) is 0 Å². The molecule has 0 bridgehead atoms. The Balaban J connectivity index is 1.38. The van der Waals surface area contributed by atoms with Gasteiger partial charge in [-0.25, -0.2) is 4.98 Å². The van der Waals surface area contributed by atoms with E-state index in [2.05, 4.69) is 20.6 Å². The first-order valence-electron chi connectivity index (χ1n) is 11.0. The zero-order valence-electron chi connectivity index (χ0n) is 18.7. The van der Waals surface area contributed by atoms with Crippen LogP contribution in [0.25, 0.3) is 11.0 Å². The van der Waals surface area contributed by atoms with E-state index in [0.717, 1.165) is 10.9 Å². The molecular weight excluding hydrogens is 438 g/mol. The van der Waals surface area contributed by atoms with E-state index in [0.29, 0.717) is 46.7 Å². The monoisotopic (exact) mass is 461 g/mol. The fourth-order valence-corrected chi connectivity index (χ4v) is 4.62. The minimum atomic E-state index is -0.682. The number of pyridine rings is 1. The van der Waals surface area contributed by atoms with Crippen molar-refractivity contribution in [3.63, 3.8) is 0 Å². The number of aryl methyl sites for hydroxylation is 1. The maximum absolute atomic E-state index is 13.1. The van der Waals surface area contributed by atoms with Crippen LogP contribution in [0.4, 0.5) is 5.69 Å². The number of benzene rings is 1. The summed E-state index contributed by atoms with van der Waals surface area (Å²) in [5.41, 5.74) is 3.58. The van der Waals surface area contributed by atoms with Gasteiger partial charge in [-0.1, -0.05) is 6.92 Å². The van der Waals surface area contributed by atoms with Gasteiger partial charge in [0.05, 0.1) is 13.3 Å². The van der Waals surface area contributed by atoms with Crippen LogP contribution in [0.1, 0.15) is 51.7 Å². The number of hydrogen-bond acceptors (Lipinski definition) is 6. The van der Waals surface area contributed by atoms with Crippen LogP contribution in [0.3, 0.4) is 0 Å². The zero-order chi connectivity index (χ0) is 24.0. The number of amides is 4. The average Bonchev–Trinajstić information content (AvgIpc) is 3.35. The van der Waals surface area contributed by atoms with Crippen molar-refractivity contribution >= 4 is 40.3 Å². The number of ether oxygens (including phenoxy) is 1. The minimum Gasteiger partial charge on any atom is -0.495 e. The number of piperidine rings is 1. The molecule has 4 heterocycles. The summed E-state index contributed by atoms with van der Waals surface area (Å²) in [5.74, 6) is -0.752. The van der Waals surface area contributed by atoms with Crippen molar-refractivity contribution in [2.24, 2.45) is 0 Å². The lowest BCUT2D eigenvalue weighted by atomic mass is 10.0. The molecule has 1 aromatic carbocycles. The molecule has 3 N–H and O–H groups in total. The van der Waals surface area contributed by atoms with Crippen LogP contribution in [0.15, 0.2) is 30.5 Å². The van der Waals surface area contributed by atoms with Gasteiger partial charge in [-0.3, -0.25) is 24.5 Å². The lowest BCUT2D eigenvalue weighted by Crippen LogP contribution is -2.52. The number of H-pyrrole nitrogens is 1. The molecule has 1 unspecified atom stereocenters. The first kappa shape index (κ1) is 21.6. The molecule has 10 nitrogen and oxygen atoms in total. The second-order valence-corrected chi connectivity index (χ2v) is 8.33. The topological polar surface area (TPSA) is 133 Å². The Labute approximate surface area is 194 Å². The van der Waals surface area contributed by atoms with Crippen LogP contribution in [0.5, 0.6) is 5.75 Å². The Hall–Kier alpha value is -4.21. The molecule has 0 spiro atoms. The van der Waals surface area contributed by atoms with Crippen LogP contribution in [-0.4, -0.2) is 51.6 Å². The average molecular weight is 461 g/mol. The second kappa shape index (κ2) is 8.29. The van der Waals surface area contributed by atoms with Crippen LogP contribution in [-0.2, 0) is 22.6 Å². The van der Waals surface area contributed by atoms with Crippen molar-refractivity contribution in [2.75, 3.05) is 12.4 Å². The zero-order valence-corrected chi connectivity index (χ0v) is 18.7.